The minimum absolute atomic E-state index is 0.0861. The Morgan fingerprint density at radius 3 is 2.55 bits per heavy atom. The van der Waals surface area contributed by atoms with Gasteiger partial charge in [-0.15, -0.1) is 0 Å². The van der Waals surface area contributed by atoms with Gasteiger partial charge in [-0.2, -0.15) is 0 Å². The molecule has 33 heavy (non-hydrogen) atoms. The highest BCUT2D eigenvalue weighted by Gasteiger charge is 2.55. The first-order valence-corrected chi connectivity index (χ1v) is 11.9. The van der Waals surface area contributed by atoms with Crippen LogP contribution in [0.3, 0.4) is 0 Å². The number of methoxy groups -OCH3 is 1. The van der Waals surface area contributed by atoms with Crippen LogP contribution in [0.25, 0.3) is 0 Å². The van der Waals surface area contributed by atoms with Gasteiger partial charge < -0.3 is 19.5 Å². The van der Waals surface area contributed by atoms with Crippen LogP contribution in [-0.4, -0.2) is 42.2 Å². The number of phenols is 1. The zero-order valence-electron chi connectivity index (χ0n) is 19.9. The van der Waals surface area contributed by atoms with Crippen molar-refractivity contribution in [1.29, 1.82) is 0 Å². The fourth-order valence-corrected chi connectivity index (χ4v) is 4.94. The largest absolute Gasteiger partial charge is 0.508 e. The lowest BCUT2D eigenvalue weighted by Crippen LogP contribution is -2.41. The van der Waals surface area contributed by atoms with E-state index in [9.17, 15) is 9.90 Å². The summed E-state index contributed by atoms with van der Waals surface area (Å²) in [4.78, 5) is 15.4. The van der Waals surface area contributed by atoms with Gasteiger partial charge in [0.05, 0.1) is 25.8 Å². The molecule has 0 saturated carbocycles. The molecule has 0 radical (unpaired) electrons. The van der Waals surface area contributed by atoms with Gasteiger partial charge in [0.25, 0.3) is 0 Å². The second-order valence-corrected chi connectivity index (χ2v) is 9.33. The molecular weight excluding hydrogens is 418 g/mol. The summed E-state index contributed by atoms with van der Waals surface area (Å²) in [7, 11) is 1.64. The van der Waals surface area contributed by atoms with Crippen LogP contribution in [0, 0.1) is 11.8 Å². The lowest BCUT2D eigenvalue weighted by molar-refractivity contribution is -0.130. The molecule has 2 fully saturated rings. The molecule has 2 saturated heterocycles. The number of hydrazine groups is 1. The number of hydrogen-bond donors (Lipinski definition) is 3. The molecule has 2 heterocycles. The summed E-state index contributed by atoms with van der Waals surface area (Å²) < 4.78 is 11.6. The summed E-state index contributed by atoms with van der Waals surface area (Å²) in [5, 5.41) is 10.5. The molecule has 4 atom stereocenters. The molecule has 3 N–H and O–H groups in total. The van der Waals surface area contributed by atoms with Gasteiger partial charge >= 0.3 is 0 Å². The quantitative estimate of drug-likeness (QED) is 0.533. The van der Waals surface area contributed by atoms with E-state index >= 15 is 0 Å². The zero-order chi connectivity index (χ0) is 23.5. The number of amides is 1. The Labute approximate surface area is 196 Å². The number of hydrogen-bond acceptors (Lipinski definition) is 6. The molecule has 4 unspecified atom stereocenters. The van der Waals surface area contributed by atoms with E-state index in [1.54, 1.807) is 13.2 Å². The van der Waals surface area contributed by atoms with Gasteiger partial charge in [-0.25, -0.2) is 10.9 Å². The van der Waals surface area contributed by atoms with Gasteiger partial charge in [0, 0.05) is 18.0 Å². The summed E-state index contributed by atoms with van der Waals surface area (Å²) >= 11 is 0. The van der Waals surface area contributed by atoms with Crippen LogP contribution in [0.4, 0.5) is 0 Å². The maximum absolute atomic E-state index is 13.4. The molecule has 0 bridgehead atoms. The first-order valence-electron chi connectivity index (χ1n) is 11.9. The zero-order valence-corrected chi connectivity index (χ0v) is 19.9. The van der Waals surface area contributed by atoms with Crippen molar-refractivity contribution in [1.82, 2.24) is 15.8 Å². The fourth-order valence-electron chi connectivity index (χ4n) is 4.94. The normalized spacial score (nSPS) is 24.4. The number of para-hydroxylation sites is 1. The number of likely N-dealkylation sites (tertiary alicyclic amines) is 1. The molecule has 1 amide bonds. The van der Waals surface area contributed by atoms with Crippen LogP contribution >= 0.6 is 0 Å². The highest BCUT2D eigenvalue weighted by atomic mass is 16.5. The molecule has 2 aromatic rings. The molecule has 2 aliphatic rings. The number of ether oxygens (including phenoxy) is 2. The highest BCUT2D eigenvalue weighted by Crippen LogP contribution is 2.49. The average molecular weight is 454 g/mol. The molecule has 0 aliphatic carbocycles. The van der Waals surface area contributed by atoms with Crippen molar-refractivity contribution in [2.45, 2.75) is 51.7 Å². The molecule has 2 aromatic carbocycles. The van der Waals surface area contributed by atoms with Gasteiger partial charge in [-0.1, -0.05) is 51.5 Å². The van der Waals surface area contributed by atoms with E-state index in [1.165, 1.54) is 0 Å². The molecule has 7 nitrogen and oxygen atoms in total. The van der Waals surface area contributed by atoms with E-state index in [0.29, 0.717) is 30.6 Å². The maximum atomic E-state index is 13.4. The standard InChI is InChI=1S/C26H35N3O4/c1-5-6-13-29-25(17-11-12-20(21(14-17)32-4)33-15-16(2)3)22-23(27-28-24(22)26(29)31)18-9-7-8-10-19(18)30/h7-12,14,16,22-25,27-28,30H,5-6,13,15H2,1-4H3. The van der Waals surface area contributed by atoms with Gasteiger partial charge in [0.15, 0.2) is 11.5 Å². The fraction of sp³-hybridized carbons (Fsp3) is 0.500. The third-order valence-electron chi connectivity index (χ3n) is 6.54. The van der Waals surface area contributed by atoms with Crippen LogP contribution in [0.15, 0.2) is 42.5 Å². The molecule has 0 spiro atoms. The number of aromatic hydroxyl groups is 1. The van der Waals surface area contributed by atoms with Crippen LogP contribution < -0.4 is 20.3 Å². The van der Waals surface area contributed by atoms with E-state index in [-0.39, 0.29) is 35.7 Å². The van der Waals surface area contributed by atoms with E-state index < -0.39 is 0 Å². The van der Waals surface area contributed by atoms with Crippen LogP contribution in [-0.2, 0) is 4.79 Å². The minimum atomic E-state index is -0.362. The van der Waals surface area contributed by atoms with E-state index in [0.717, 1.165) is 24.0 Å². The van der Waals surface area contributed by atoms with Crippen molar-refractivity contribution in [3.63, 3.8) is 0 Å². The second-order valence-electron chi connectivity index (χ2n) is 9.33. The summed E-state index contributed by atoms with van der Waals surface area (Å²) in [6, 6.07) is 12.6. The summed E-state index contributed by atoms with van der Waals surface area (Å²) in [5.41, 5.74) is 8.29. The number of carbonyl (C=O) groups excluding carboxylic acids is 1. The van der Waals surface area contributed by atoms with Gasteiger partial charge in [0.2, 0.25) is 5.91 Å². The summed E-state index contributed by atoms with van der Waals surface area (Å²) in [6.45, 7) is 7.64. The number of carbonyl (C=O) groups is 1. The maximum Gasteiger partial charge on any atom is 0.242 e. The monoisotopic (exact) mass is 453 g/mol. The number of fused-ring (bicyclic) bond motifs is 1. The Hall–Kier alpha value is -2.77. The number of rotatable bonds is 9. The number of phenolic OH excluding ortho intramolecular Hbond substituents is 1. The molecular formula is C26H35N3O4. The summed E-state index contributed by atoms with van der Waals surface area (Å²) in [5.74, 6) is 2.00. The first kappa shape index (κ1) is 23.4. The topological polar surface area (TPSA) is 83.1 Å². The highest BCUT2D eigenvalue weighted by molar-refractivity contribution is 5.86. The number of benzene rings is 2. The molecule has 4 rings (SSSR count). The van der Waals surface area contributed by atoms with Crippen molar-refractivity contribution in [3.05, 3.63) is 53.6 Å². The second kappa shape index (κ2) is 10.0. The lowest BCUT2D eigenvalue weighted by Gasteiger charge is -2.32. The van der Waals surface area contributed by atoms with E-state index in [2.05, 4.69) is 31.6 Å². The Kier molecular flexibility index (Phi) is 7.10. The van der Waals surface area contributed by atoms with E-state index in [4.69, 9.17) is 9.47 Å². The van der Waals surface area contributed by atoms with Crippen molar-refractivity contribution in [2.24, 2.45) is 11.8 Å². The number of nitrogens with one attached hydrogen (secondary N) is 2. The summed E-state index contributed by atoms with van der Waals surface area (Å²) in [6.07, 6.45) is 1.94. The van der Waals surface area contributed by atoms with Crippen LogP contribution in [0.1, 0.15) is 56.8 Å². The number of nitrogens with zero attached hydrogens (tertiary/aromatic N) is 1. The Bertz CT molecular complexity index is 980. The van der Waals surface area contributed by atoms with Gasteiger partial charge in [0.1, 0.15) is 11.8 Å². The van der Waals surface area contributed by atoms with Crippen molar-refractivity contribution in [3.8, 4) is 17.2 Å². The predicted octanol–water partition coefficient (Wildman–Crippen LogP) is 3.95. The third-order valence-corrected chi connectivity index (χ3v) is 6.54. The Morgan fingerprint density at radius 1 is 1.09 bits per heavy atom. The lowest BCUT2D eigenvalue weighted by atomic mass is 9.83. The van der Waals surface area contributed by atoms with Gasteiger partial charge in [-0.3, -0.25) is 4.79 Å². The predicted molar refractivity (Wildman–Crippen MR) is 127 cm³/mol. The molecule has 7 heteroatoms. The van der Waals surface area contributed by atoms with Crippen molar-refractivity contribution < 1.29 is 19.4 Å². The smallest absolute Gasteiger partial charge is 0.242 e. The van der Waals surface area contributed by atoms with Crippen molar-refractivity contribution >= 4 is 5.91 Å². The van der Waals surface area contributed by atoms with Crippen LogP contribution in [0.5, 0.6) is 17.2 Å². The van der Waals surface area contributed by atoms with Crippen LogP contribution in [0.2, 0.25) is 0 Å². The SMILES string of the molecule is CCCCN1C(=O)C2NNC(c3ccccc3O)C2C1c1ccc(OCC(C)C)c(OC)c1. The Morgan fingerprint density at radius 2 is 1.85 bits per heavy atom. The molecule has 0 aromatic heterocycles. The molecule has 2 aliphatic heterocycles. The Balaban J connectivity index is 1.73. The number of unbranched alkanes of at least 4 members (excludes halogenated alkanes) is 1. The average Bonchev–Trinajstić information content (AvgIpc) is 3.35. The third kappa shape index (κ3) is 4.52. The minimum Gasteiger partial charge on any atom is -0.508 e. The molecule has 178 valence electrons. The van der Waals surface area contributed by atoms with Gasteiger partial charge in [-0.05, 0) is 36.1 Å². The van der Waals surface area contributed by atoms with Crippen molar-refractivity contribution in [2.75, 3.05) is 20.3 Å². The van der Waals surface area contributed by atoms with E-state index in [1.807, 2.05) is 41.3 Å². The first-order chi connectivity index (χ1) is 16.0.